The van der Waals surface area contributed by atoms with Crippen molar-refractivity contribution in [2.45, 2.75) is 20.6 Å². The van der Waals surface area contributed by atoms with E-state index in [1.807, 2.05) is 62.0 Å². The van der Waals surface area contributed by atoms with Crippen molar-refractivity contribution in [1.29, 1.82) is 0 Å². The highest BCUT2D eigenvalue weighted by atomic mass is 15.0. The van der Waals surface area contributed by atoms with Crippen LogP contribution in [0.25, 0.3) is 43.8 Å². The van der Waals surface area contributed by atoms with Crippen LogP contribution in [0.5, 0.6) is 0 Å². The molecule has 0 aliphatic rings. The van der Waals surface area contributed by atoms with Gasteiger partial charge in [-0.15, -0.1) is 0 Å². The molecule has 0 atom stereocenters. The van der Waals surface area contributed by atoms with E-state index in [1.54, 1.807) is 18.3 Å². The molecule has 0 radical (unpaired) electrons. The maximum absolute atomic E-state index is 8.31. The molecular weight excluding hydrogens is 340 g/mol. The van der Waals surface area contributed by atoms with Crippen molar-refractivity contribution in [2.75, 3.05) is 0 Å². The van der Waals surface area contributed by atoms with Crippen molar-refractivity contribution in [3.8, 4) is 11.3 Å². The van der Waals surface area contributed by atoms with E-state index >= 15 is 0 Å². The molecule has 2 heterocycles. The SMILES string of the molecule is [2H]C([2H])([2H])c1ccc(-c2c3c(c(C([2H])([2H])[2H])c[n+]2C)c2c4ccccc4ccc2n3C)c(C)c1. The number of pyridine rings is 1. The number of hydrogen-bond donors (Lipinski definition) is 0. The van der Waals surface area contributed by atoms with Crippen LogP contribution in [0, 0.1) is 20.6 Å². The minimum Gasteiger partial charge on any atom is -0.338 e. The molecule has 0 fully saturated rings. The van der Waals surface area contributed by atoms with Crippen molar-refractivity contribution in [3.63, 3.8) is 0 Å². The lowest BCUT2D eigenvalue weighted by Gasteiger charge is -2.10. The number of rotatable bonds is 1. The van der Waals surface area contributed by atoms with E-state index in [9.17, 15) is 0 Å². The Kier molecular flexibility index (Phi) is 2.47. The second kappa shape index (κ2) is 5.93. The predicted octanol–water partition coefficient (Wildman–Crippen LogP) is 5.90. The van der Waals surface area contributed by atoms with Gasteiger partial charge in [-0.1, -0.05) is 48.0 Å². The van der Waals surface area contributed by atoms with Crippen LogP contribution in [0.3, 0.4) is 0 Å². The first-order chi connectivity index (χ1) is 15.9. The van der Waals surface area contributed by atoms with Crippen LogP contribution in [0.4, 0.5) is 0 Å². The van der Waals surface area contributed by atoms with Crippen LogP contribution in [-0.4, -0.2) is 4.57 Å². The first kappa shape index (κ1) is 11.7. The molecule has 138 valence electrons. The third-order valence-corrected chi connectivity index (χ3v) is 5.74. The molecule has 0 aliphatic heterocycles. The Labute approximate surface area is 174 Å². The third kappa shape index (κ3) is 2.24. The molecule has 0 saturated heterocycles. The average Bonchev–Trinajstić information content (AvgIpc) is 3.05. The second-order valence-electron chi connectivity index (χ2n) is 7.50. The molecular formula is C26H25N2+. The third-order valence-electron chi connectivity index (χ3n) is 5.74. The number of benzene rings is 3. The number of nitrogens with zero attached hydrogens (tertiary/aromatic N) is 2. The Morgan fingerprint density at radius 2 is 1.79 bits per heavy atom. The molecule has 0 N–H and O–H groups in total. The summed E-state index contributed by atoms with van der Waals surface area (Å²) >= 11 is 0. The van der Waals surface area contributed by atoms with Crippen LogP contribution < -0.4 is 4.57 Å². The van der Waals surface area contributed by atoms with Crippen molar-refractivity contribution < 1.29 is 12.8 Å². The fraction of sp³-hybridized carbons (Fsp3) is 0.192. The van der Waals surface area contributed by atoms with E-state index in [2.05, 4.69) is 10.6 Å². The fourth-order valence-electron chi connectivity index (χ4n) is 4.49. The van der Waals surface area contributed by atoms with Gasteiger partial charge in [0, 0.05) is 37.1 Å². The summed E-state index contributed by atoms with van der Waals surface area (Å²) in [4.78, 5) is 0. The van der Waals surface area contributed by atoms with E-state index in [0.717, 1.165) is 44.0 Å². The molecule has 2 nitrogen and oxygen atoms in total. The minimum atomic E-state index is -2.31. The predicted molar refractivity (Wildman–Crippen MR) is 119 cm³/mol. The molecule has 2 heteroatoms. The molecule has 0 aliphatic carbocycles. The van der Waals surface area contributed by atoms with Crippen molar-refractivity contribution in [3.05, 3.63) is 77.5 Å². The molecule has 5 aromatic rings. The van der Waals surface area contributed by atoms with Gasteiger partial charge in [0.25, 0.3) is 0 Å². The minimum absolute atomic E-state index is 0.287. The Bertz CT molecular complexity index is 1610. The van der Waals surface area contributed by atoms with Gasteiger partial charge in [0.2, 0.25) is 5.69 Å². The summed E-state index contributed by atoms with van der Waals surface area (Å²) in [5.74, 6) is 0. The summed E-state index contributed by atoms with van der Waals surface area (Å²) in [7, 11) is 3.80. The van der Waals surface area contributed by atoms with Crippen LogP contribution in [0.15, 0.2) is 60.8 Å². The number of aromatic nitrogens is 2. The average molecular weight is 372 g/mol. The van der Waals surface area contributed by atoms with Crippen LogP contribution in [0.2, 0.25) is 0 Å². The molecule has 0 bridgehead atoms. The topological polar surface area (TPSA) is 8.81 Å². The van der Waals surface area contributed by atoms with Gasteiger partial charge in [-0.25, -0.2) is 0 Å². The molecule has 5 rings (SSSR count). The van der Waals surface area contributed by atoms with Gasteiger partial charge in [0.15, 0.2) is 6.20 Å². The summed E-state index contributed by atoms with van der Waals surface area (Å²) < 4.78 is 52.1. The lowest BCUT2D eigenvalue weighted by molar-refractivity contribution is -0.659. The molecule has 0 unspecified atom stereocenters. The van der Waals surface area contributed by atoms with Crippen LogP contribution in [0.1, 0.15) is 24.9 Å². The zero-order valence-corrected chi connectivity index (χ0v) is 16.2. The standard InChI is InChI=1S/C26H25N2/c1-16-10-12-20(17(2)14-16)25-26-23(18(3)15-27(25)4)24-21-9-7-6-8-19(21)11-13-22(24)28(26)5/h6-15H,1-5H3/q+1/i1D3,3D3. The lowest BCUT2D eigenvalue weighted by Crippen LogP contribution is -2.32. The maximum atomic E-state index is 8.31. The Balaban J connectivity index is 2.00. The Hall–Kier alpha value is -3.13. The van der Waals surface area contributed by atoms with E-state index in [4.69, 9.17) is 8.22 Å². The number of aryl methyl sites for hydroxylation is 5. The zero-order chi connectivity index (χ0) is 24.6. The Morgan fingerprint density at radius 1 is 0.929 bits per heavy atom. The summed E-state index contributed by atoms with van der Waals surface area (Å²) in [6, 6.07) is 17.3. The van der Waals surface area contributed by atoms with Crippen LogP contribution >= 0.6 is 0 Å². The Morgan fingerprint density at radius 3 is 2.57 bits per heavy atom. The van der Waals surface area contributed by atoms with Crippen molar-refractivity contribution in [2.24, 2.45) is 14.1 Å². The fourth-order valence-corrected chi connectivity index (χ4v) is 4.49. The first-order valence-electron chi connectivity index (χ1n) is 12.3. The van der Waals surface area contributed by atoms with Gasteiger partial charge in [-0.3, -0.25) is 0 Å². The monoisotopic (exact) mass is 371 g/mol. The van der Waals surface area contributed by atoms with Gasteiger partial charge < -0.3 is 4.57 Å². The molecule has 2 aromatic heterocycles. The van der Waals surface area contributed by atoms with Crippen molar-refractivity contribution >= 4 is 32.6 Å². The molecule has 28 heavy (non-hydrogen) atoms. The van der Waals surface area contributed by atoms with Gasteiger partial charge in [-0.2, -0.15) is 4.57 Å². The normalized spacial score (nSPS) is 15.8. The highest BCUT2D eigenvalue weighted by Gasteiger charge is 2.25. The summed E-state index contributed by atoms with van der Waals surface area (Å²) in [6.45, 7) is -2.60. The van der Waals surface area contributed by atoms with Gasteiger partial charge >= 0.3 is 0 Å². The van der Waals surface area contributed by atoms with E-state index in [0.29, 0.717) is 10.9 Å². The summed E-state index contributed by atoms with van der Waals surface area (Å²) in [5.41, 5.74) is 4.88. The summed E-state index contributed by atoms with van der Waals surface area (Å²) in [5, 5.41) is 3.68. The van der Waals surface area contributed by atoms with E-state index in [1.165, 1.54) is 0 Å². The number of hydrogen-bond acceptors (Lipinski definition) is 0. The first-order valence-corrected chi connectivity index (χ1v) is 9.34. The van der Waals surface area contributed by atoms with Crippen molar-refractivity contribution in [1.82, 2.24) is 4.57 Å². The van der Waals surface area contributed by atoms with E-state index in [-0.39, 0.29) is 5.56 Å². The van der Waals surface area contributed by atoms with Gasteiger partial charge in [-0.05, 0) is 49.1 Å². The summed E-state index contributed by atoms with van der Waals surface area (Å²) in [6.07, 6.45) is 1.70. The smallest absolute Gasteiger partial charge is 0.237 e. The zero-order valence-electron chi connectivity index (χ0n) is 22.2. The lowest BCUT2D eigenvalue weighted by atomic mass is 9.98. The highest BCUT2D eigenvalue weighted by molar-refractivity contribution is 6.23. The quantitative estimate of drug-likeness (QED) is 0.324. The van der Waals surface area contributed by atoms with Gasteiger partial charge in [0.05, 0.1) is 5.56 Å². The largest absolute Gasteiger partial charge is 0.338 e. The molecule has 0 saturated carbocycles. The molecule has 3 aromatic carbocycles. The maximum Gasteiger partial charge on any atom is 0.237 e. The van der Waals surface area contributed by atoms with Crippen LogP contribution in [-0.2, 0) is 14.1 Å². The highest BCUT2D eigenvalue weighted by Crippen LogP contribution is 2.39. The second-order valence-corrected chi connectivity index (χ2v) is 7.50. The number of fused-ring (bicyclic) bond motifs is 5. The molecule has 0 spiro atoms. The van der Waals surface area contributed by atoms with E-state index < -0.39 is 13.7 Å². The molecule has 0 amide bonds. The van der Waals surface area contributed by atoms with Gasteiger partial charge in [0.1, 0.15) is 12.6 Å².